The van der Waals surface area contributed by atoms with Gasteiger partial charge in [0.25, 0.3) is 0 Å². The number of nitrogens with zero attached hydrogens (tertiary/aromatic N) is 3. The van der Waals surface area contributed by atoms with Crippen LogP contribution in [-0.4, -0.2) is 73.9 Å². The van der Waals surface area contributed by atoms with Gasteiger partial charge in [-0.2, -0.15) is 0 Å². The average Bonchev–Trinajstić information content (AvgIpc) is 2.98. The summed E-state index contributed by atoms with van der Waals surface area (Å²) in [5, 5.41) is 7.17. The second-order valence-corrected chi connectivity index (χ2v) is 10.1. The van der Waals surface area contributed by atoms with Gasteiger partial charge in [0.1, 0.15) is 12.1 Å². The molecule has 0 aliphatic carbocycles. The fourth-order valence-corrected chi connectivity index (χ4v) is 4.65. The molecule has 1 aliphatic rings. The molecule has 9 nitrogen and oxygen atoms in total. The number of hydrogen-bond acceptors (Lipinski definition) is 8. The van der Waals surface area contributed by atoms with Crippen LogP contribution < -0.4 is 20.1 Å². The molecule has 1 fully saturated rings. The fraction of sp³-hybridized carbons (Fsp3) is 0.452. The van der Waals surface area contributed by atoms with Crippen LogP contribution in [0.25, 0.3) is 17.0 Å². The topological polar surface area (TPSA) is 97.8 Å². The van der Waals surface area contributed by atoms with Crippen molar-refractivity contribution in [1.29, 1.82) is 0 Å². The molecule has 2 heterocycles. The standard InChI is InChI=1S/C31H41N5O4/c1-4-6-23(2)21-32-30(37)12-9-24-7-10-25(11-8-24)35-31-26-19-28(38-3)29(20-27(26)33-22-34-31)40-16-5-13-36-14-17-39-18-15-36/h7-12,19-20,22-23H,4-6,13-18,21H2,1-3H3,(H,32,37)(H,33,34,35)/b12-9+. The molecule has 1 unspecified atom stereocenters. The van der Waals surface area contributed by atoms with E-state index in [9.17, 15) is 4.79 Å². The molecule has 0 bridgehead atoms. The largest absolute Gasteiger partial charge is 0.493 e. The highest BCUT2D eigenvalue weighted by atomic mass is 16.5. The number of morpholine rings is 1. The Morgan fingerprint density at radius 2 is 1.95 bits per heavy atom. The van der Waals surface area contributed by atoms with Crippen molar-refractivity contribution in [3.8, 4) is 11.5 Å². The van der Waals surface area contributed by atoms with E-state index in [-0.39, 0.29) is 5.91 Å². The van der Waals surface area contributed by atoms with Gasteiger partial charge >= 0.3 is 0 Å². The molecule has 1 saturated heterocycles. The van der Waals surface area contributed by atoms with E-state index < -0.39 is 0 Å². The molecular weight excluding hydrogens is 506 g/mol. The van der Waals surface area contributed by atoms with Crippen molar-refractivity contribution >= 4 is 34.4 Å². The summed E-state index contributed by atoms with van der Waals surface area (Å²) in [6, 6.07) is 11.6. The highest BCUT2D eigenvalue weighted by molar-refractivity contribution is 5.93. The first-order chi connectivity index (χ1) is 19.6. The second-order valence-electron chi connectivity index (χ2n) is 10.1. The van der Waals surface area contributed by atoms with E-state index in [4.69, 9.17) is 14.2 Å². The summed E-state index contributed by atoms with van der Waals surface area (Å²) < 4.78 is 17.1. The molecule has 2 N–H and O–H groups in total. The van der Waals surface area contributed by atoms with Crippen molar-refractivity contribution in [2.75, 3.05) is 58.4 Å². The van der Waals surface area contributed by atoms with Crippen LogP contribution in [0.1, 0.15) is 38.7 Å². The Labute approximate surface area is 236 Å². The first-order valence-electron chi connectivity index (χ1n) is 14.1. The summed E-state index contributed by atoms with van der Waals surface area (Å²) in [5.41, 5.74) is 2.57. The zero-order valence-electron chi connectivity index (χ0n) is 23.8. The van der Waals surface area contributed by atoms with Gasteiger partial charge in [-0.25, -0.2) is 9.97 Å². The molecule has 3 aromatic rings. The first-order valence-corrected chi connectivity index (χ1v) is 14.1. The maximum absolute atomic E-state index is 12.1. The SMILES string of the molecule is CCCC(C)CNC(=O)/C=C/c1ccc(Nc2ncnc3cc(OCCCN4CCOCC4)c(OC)cc23)cc1. The number of benzene rings is 2. The predicted molar refractivity (Wildman–Crippen MR) is 159 cm³/mol. The summed E-state index contributed by atoms with van der Waals surface area (Å²) >= 11 is 0. The lowest BCUT2D eigenvalue weighted by Gasteiger charge is -2.26. The number of carbonyl (C=O) groups excluding carboxylic acids is 1. The van der Waals surface area contributed by atoms with Crippen LogP contribution in [0.4, 0.5) is 11.5 Å². The minimum atomic E-state index is -0.0768. The van der Waals surface area contributed by atoms with Crippen LogP contribution in [0, 0.1) is 5.92 Å². The Balaban J connectivity index is 1.36. The van der Waals surface area contributed by atoms with E-state index in [0.29, 0.717) is 36.4 Å². The Kier molecular flexibility index (Phi) is 11.1. The van der Waals surface area contributed by atoms with E-state index in [1.165, 1.54) is 6.33 Å². The van der Waals surface area contributed by atoms with Gasteiger partial charge in [-0.1, -0.05) is 32.4 Å². The smallest absolute Gasteiger partial charge is 0.244 e. The number of amides is 1. The summed E-state index contributed by atoms with van der Waals surface area (Å²) in [6.07, 6.45) is 8.08. The Bertz CT molecular complexity index is 1260. The summed E-state index contributed by atoms with van der Waals surface area (Å²) in [7, 11) is 1.64. The molecule has 0 radical (unpaired) electrons. The Hall–Kier alpha value is -3.69. The van der Waals surface area contributed by atoms with Crippen LogP contribution >= 0.6 is 0 Å². The lowest BCUT2D eigenvalue weighted by molar-refractivity contribution is -0.116. The zero-order chi connectivity index (χ0) is 28.2. The van der Waals surface area contributed by atoms with Crippen molar-refractivity contribution in [3.05, 3.63) is 54.4 Å². The Morgan fingerprint density at radius 3 is 2.70 bits per heavy atom. The van der Waals surface area contributed by atoms with Crippen molar-refractivity contribution in [2.24, 2.45) is 5.92 Å². The normalized spacial score (nSPS) is 14.8. The van der Waals surface area contributed by atoms with Gasteiger partial charge in [-0.3, -0.25) is 9.69 Å². The van der Waals surface area contributed by atoms with Crippen molar-refractivity contribution in [1.82, 2.24) is 20.2 Å². The number of anilines is 2. The maximum atomic E-state index is 12.1. The zero-order valence-corrected chi connectivity index (χ0v) is 23.8. The molecule has 0 saturated carbocycles. The number of fused-ring (bicyclic) bond motifs is 1. The van der Waals surface area contributed by atoms with Gasteiger partial charge in [0.2, 0.25) is 5.91 Å². The van der Waals surface area contributed by atoms with Gasteiger partial charge in [0.05, 0.1) is 32.4 Å². The number of carbonyl (C=O) groups is 1. The Morgan fingerprint density at radius 1 is 1.15 bits per heavy atom. The molecule has 1 atom stereocenters. The lowest BCUT2D eigenvalue weighted by atomic mass is 10.1. The lowest BCUT2D eigenvalue weighted by Crippen LogP contribution is -2.37. The average molecular weight is 548 g/mol. The fourth-order valence-electron chi connectivity index (χ4n) is 4.65. The number of rotatable bonds is 14. The first kappa shape index (κ1) is 29.3. The van der Waals surface area contributed by atoms with Crippen molar-refractivity contribution in [3.63, 3.8) is 0 Å². The van der Waals surface area contributed by atoms with Crippen LogP contribution in [-0.2, 0) is 9.53 Å². The monoisotopic (exact) mass is 547 g/mol. The highest BCUT2D eigenvalue weighted by Gasteiger charge is 2.13. The van der Waals surface area contributed by atoms with Gasteiger partial charge in [-0.05, 0) is 48.6 Å². The van der Waals surface area contributed by atoms with Crippen molar-refractivity contribution < 1.29 is 19.0 Å². The summed E-state index contributed by atoms with van der Waals surface area (Å²) in [6.45, 7) is 10.1. The highest BCUT2D eigenvalue weighted by Crippen LogP contribution is 2.34. The predicted octanol–water partition coefficient (Wildman–Crippen LogP) is 5.05. The molecule has 1 amide bonds. The minimum Gasteiger partial charge on any atom is -0.493 e. The number of ether oxygens (including phenoxy) is 3. The molecule has 1 aromatic heterocycles. The summed E-state index contributed by atoms with van der Waals surface area (Å²) in [5.74, 6) is 2.38. The minimum absolute atomic E-state index is 0.0768. The number of nitrogens with one attached hydrogen (secondary N) is 2. The molecular formula is C31H41N5O4. The second kappa shape index (κ2) is 15.2. The number of methoxy groups -OCH3 is 1. The molecule has 4 rings (SSSR count). The van der Waals surface area contributed by atoms with Crippen LogP contribution in [0.3, 0.4) is 0 Å². The molecule has 0 spiro atoms. The third-order valence-corrected chi connectivity index (χ3v) is 6.91. The van der Waals surface area contributed by atoms with E-state index in [1.54, 1.807) is 13.2 Å². The molecule has 9 heteroatoms. The number of hydrogen-bond donors (Lipinski definition) is 2. The van der Waals surface area contributed by atoms with Crippen molar-refractivity contribution in [2.45, 2.75) is 33.1 Å². The summed E-state index contributed by atoms with van der Waals surface area (Å²) in [4.78, 5) is 23.4. The van der Waals surface area contributed by atoms with Gasteiger partial charge in [0, 0.05) is 49.4 Å². The quantitative estimate of drug-likeness (QED) is 0.214. The van der Waals surface area contributed by atoms with E-state index in [1.807, 2.05) is 42.5 Å². The molecule has 40 heavy (non-hydrogen) atoms. The maximum Gasteiger partial charge on any atom is 0.244 e. The van der Waals surface area contributed by atoms with E-state index in [0.717, 1.165) is 74.3 Å². The molecule has 2 aromatic carbocycles. The molecule has 1 aliphatic heterocycles. The number of aromatic nitrogens is 2. The van der Waals surface area contributed by atoms with Crippen LogP contribution in [0.5, 0.6) is 11.5 Å². The van der Waals surface area contributed by atoms with Crippen LogP contribution in [0.2, 0.25) is 0 Å². The van der Waals surface area contributed by atoms with E-state index in [2.05, 4.69) is 39.3 Å². The van der Waals surface area contributed by atoms with Gasteiger partial charge < -0.3 is 24.8 Å². The van der Waals surface area contributed by atoms with Gasteiger partial charge in [-0.15, -0.1) is 0 Å². The van der Waals surface area contributed by atoms with Crippen LogP contribution in [0.15, 0.2) is 48.8 Å². The van der Waals surface area contributed by atoms with Gasteiger partial charge in [0.15, 0.2) is 11.5 Å². The molecule has 214 valence electrons. The third-order valence-electron chi connectivity index (χ3n) is 6.91. The third kappa shape index (κ3) is 8.66. The van der Waals surface area contributed by atoms with E-state index >= 15 is 0 Å².